The summed E-state index contributed by atoms with van der Waals surface area (Å²) >= 11 is 0. The molecular formula is C15H21N5O. The van der Waals surface area contributed by atoms with Crippen molar-refractivity contribution >= 4 is 5.91 Å². The van der Waals surface area contributed by atoms with Crippen molar-refractivity contribution in [3.63, 3.8) is 0 Å². The van der Waals surface area contributed by atoms with Crippen LogP contribution in [0.25, 0.3) is 11.4 Å². The Kier molecular flexibility index (Phi) is 5.03. The Hall–Kier alpha value is -2.24. The number of hydrogen-bond acceptors (Lipinski definition) is 4. The lowest BCUT2D eigenvalue weighted by Crippen LogP contribution is -2.35. The summed E-state index contributed by atoms with van der Waals surface area (Å²) in [5, 5.41) is 15.1. The lowest BCUT2D eigenvalue weighted by molar-refractivity contribution is -0.122. The molecule has 1 aromatic carbocycles. The third kappa shape index (κ3) is 4.37. The highest BCUT2D eigenvalue weighted by molar-refractivity contribution is 5.75. The van der Waals surface area contributed by atoms with Gasteiger partial charge in [-0.3, -0.25) is 4.79 Å². The molecule has 0 aliphatic rings. The minimum Gasteiger partial charge on any atom is -0.352 e. The zero-order valence-electron chi connectivity index (χ0n) is 12.7. The van der Waals surface area contributed by atoms with Crippen LogP contribution >= 0.6 is 0 Å². The number of hydrogen-bond donors (Lipinski definition) is 1. The molecule has 0 fully saturated rings. The SMILES string of the molecule is CCCC(C)NC(=O)Cn1nnc(-c2ccc(C)cc2)n1. The summed E-state index contributed by atoms with van der Waals surface area (Å²) in [5.41, 5.74) is 2.07. The van der Waals surface area contributed by atoms with Gasteiger partial charge in [0.1, 0.15) is 6.54 Å². The minimum atomic E-state index is -0.0937. The molecule has 1 atom stereocenters. The molecule has 0 aliphatic carbocycles. The maximum Gasteiger partial charge on any atom is 0.243 e. The van der Waals surface area contributed by atoms with Gasteiger partial charge in [-0.05, 0) is 25.5 Å². The van der Waals surface area contributed by atoms with Crippen LogP contribution in [-0.4, -0.2) is 32.2 Å². The maximum absolute atomic E-state index is 11.8. The second-order valence-corrected chi connectivity index (χ2v) is 5.27. The molecule has 0 spiro atoms. The maximum atomic E-state index is 11.8. The molecule has 2 rings (SSSR count). The van der Waals surface area contributed by atoms with Gasteiger partial charge in [-0.2, -0.15) is 4.80 Å². The van der Waals surface area contributed by atoms with Crippen molar-refractivity contribution in [3.05, 3.63) is 29.8 Å². The predicted molar refractivity (Wildman–Crippen MR) is 80.5 cm³/mol. The van der Waals surface area contributed by atoms with Crippen LogP contribution in [0.15, 0.2) is 24.3 Å². The first kappa shape index (κ1) is 15.2. The summed E-state index contributed by atoms with van der Waals surface area (Å²) in [6.07, 6.45) is 2.01. The monoisotopic (exact) mass is 287 g/mol. The van der Waals surface area contributed by atoms with Crippen LogP contribution in [0, 0.1) is 6.92 Å². The quantitative estimate of drug-likeness (QED) is 0.881. The highest BCUT2D eigenvalue weighted by Gasteiger charge is 2.11. The molecule has 0 saturated carbocycles. The van der Waals surface area contributed by atoms with Crippen molar-refractivity contribution < 1.29 is 4.79 Å². The van der Waals surface area contributed by atoms with Crippen molar-refractivity contribution in [2.45, 2.75) is 46.2 Å². The molecule has 1 amide bonds. The molecule has 6 heteroatoms. The van der Waals surface area contributed by atoms with Gasteiger partial charge in [-0.1, -0.05) is 43.2 Å². The van der Waals surface area contributed by atoms with Gasteiger partial charge in [-0.15, -0.1) is 10.2 Å². The van der Waals surface area contributed by atoms with Crippen LogP contribution < -0.4 is 5.32 Å². The number of nitrogens with one attached hydrogen (secondary N) is 1. The Morgan fingerprint density at radius 1 is 1.33 bits per heavy atom. The molecule has 21 heavy (non-hydrogen) atoms. The van der Waals surface area contributed by atoms with Gasteiger partial charge >= 0.3 is 0 Å². The van der Waals surface area contributed by atoms with Gasteiger partial charge in [0.15, 0.2) is 0 Å². The van der Waals surface area contributed by atoms with E-state index in [9.17, 15) is 4.79 Å². The zero-order valence-corrected chi connectivity index (χ0v) is 12.7. The number of benzene rings is 1. The standard InChI is InChI=1S/C15H21N5O/c1-4-5-12(3)16-14(21)10-20-18-15(17-19-20)13-8-6-11(2)7-9-13/h6-9,12H,4-5,10H2,1-3H3,(H,16,21). The first-order valence-electron chi connectivity index (χ1n) is 7.22. The smallest absolute Gasteiger partial charge is 0.243 e. The minimum absolute atomic E-state index is 0.0902. The van der Waals surface area contributed by atoms with Crippen LogP contribution in [0.5, 0.6) is 0 Å². The van der Waals surface area contributed by atoms with E-state index in [4.69, 9.17) is 0 Å². The first-order chi connectivity index (χ1) is 10.1. The van der Waals surface area contributed by atoms with Crippen molar-refractivity contribution in [3.8, 4) is 11.4 Å². The highest BCUT2D eigenvalue weighted by atomic mass is 16.2. The number of carbonyl (C=O) groups excluding carboxylic acids is 1. The number of aromatic nitrogens is 4. The molecule has 2 aromatic rings. The van der Waals surface area contributed by atoms with E-state index in [0.29, 0.717) is 5.82 Å². The van der Waals surface area contributed by atoms with Crippen LogP contribution in [0.2, 0.25) is 0 Å². The Labute approximate surface area is 124 Å². The number of rotatable bonds is 6. The fraction of sp³-hybridized carbons (Fsp3) is 0.467. The van der Waals surface area contributed by atoms with E-state index in [1.54, 1.807) is 0 Å². The fourth-order valence-electron chi connectivity index (χ4n) is 2.08. The zero-order chi connectivity index (χ0) is 15.2. The summed E-state index contributed by atoms with van der Waals surface area (Å²) in [6, 6.07) is 8.05. The van der Waals surface area contributed by atoms with Gasteiger partial charge in [0.25, 0.3) is 0 Å². The van der Waals surface area contributed by atoms with Crippen molar-refractivity contribution in [1.82, 2.24) is 25.5 Å². The molecule has 0 bridgehead atoms. The van der Waals surface area contributed by atoms with Gasteiger partial charge in [0.2, 0.25) is 11.7 Å². The van der Waals surface area contributed by atoms with Crippen molar-refractivity contribution in [1.29, 1.82) is 0 Å². The lowest BCUT2D eigenvalue weighted by atomic mass is 10.1. The lowest BCUT2D eigenvalue weighted by Gasteiger charge is -2.11. The number of carbonyl (C=O) groups is 1. The Balaban J connectivity index is 1.97. The summed E-state index contributed by atoms with van der Waals surface area (Å²) in [4.78, 5) is 13.2. The van der Waals surface area contributed by atoms with E-state index < -0.39 is 0 Å². The van der Waals surface area contributed by atoms with E-state index in [-0.39, 0.29) is 18.5 Å². The summed E-state index contributed by atoms with van der Waals surface area (Å²) in [6.45, 7) is 6.20. The normalized spacial score (nSPS) is 12.1. The van der Waals surface area contributed by atoms with Gasteiger partial charge in [-0.25, -0.2) is 0 Å². The molecule has 1 N–H and O–H groups in total. The van der Waals surface area contributed by atoms with E-state index >= 15 is 0 Å². The van der Waals surface area contributed by atoms with E-state index in [2.05, 4.69) is 27.7 Å². The second kappa shape index (κ2) is 6.97. The molecule has 1 aromatic heterocycles. The van der Waals surface area contributed by atoms with Crippen molar-refractivity contribution in [2.24, 2.45) is 0 Å². The number of amides is 1. The third-order valence-electron chi connectivity index (χ3n) is 3.18. The molecule has 6 nitrogen and oxygen atoms in total. The largest absolute Gasteiger partial charge is 0.352 e. The first-order valence-corrected chi connectivity index (χ1v) is 7.22. The molecule has 0 aliphatic heterocycles. The highest BCUT2D eigenvalue weighted by Crippen LogP contribution is 2.13. The predicted octanol–water partition coefficient (Wildman–Crippen LogP) is 1.95. The van der Waals surface area contributed by atoms with Crippen LogP contribution in [-0.2, 0) is 11.3 Å². The van der Waals surface area contributed by atoms with Crippen LogP contribution in [0.1, 0.15) is 32.3 Å². The molecule has 1 heterocycles. The summed E-state index contributed by atoms with van der Waals surface area (Å²) in [7, 11) is 0. The Morgan fingerprint density at radius 3 is 2.71 bits per heavy atom. The number of aryl methyl sites for hydroxylation is 1. The second-order valence-electron chi connectivity index (χ2n) is 5.27. The molecule has 112 valence electrons. The van der Waals surface area contributed by atoms with Gasteiger partial charge in [0.05, 0.1) is 0 Å². The van der Waals surface area contributed by atoms with Gasteiger partial charge in [0, 0.05) is 11.6 Å². The number of tetrazole rings is 1. The summed E-state index contributed by atoms with van der Waals surface area (Å²) in [5.74, 6) is 0.438. The third-order valence-corrected chi connectivity index (χ3v) is 3.18. The average Bonchev–Trinajstić information content (AvgIpc) is 2.88. The van der Waals surface area contributed by atoms with E-state index in [0.717, 1.165) is 18.4 Å². The van der Waals surface area contributed by atoms with E-state index in [1.165, 1.54) is 10.4 Å². The number of nitrogens with zero attached hydrogens (tertiary/aromatic N) is 4. The van der Waals surface area contributed by atoms with Crippen molar-refractivity contribution in [2.75, 3.05) is 0 Å². The topological polar surface area (TPSA) is 72.7 Å². The van der Waals surface area contributed by atoms with E-state index in [1.807, 2.05) is 38.1 Å². The molecular weight excluding hydrogens is 266 g/mol. The van der Waals surface area contributed by atoms with Gasteiger partial charge < -0.3 is 5.32 Å². The Bertz CT molecular complexity index is 590. The fourth-order valence-corrected chi connectivity index (χ4v) is 2.08. The average molecular weight is 287 g/mol. The molecule has 0 saturated heterocycles. The summed E-state index contributed by atoms with van der Waals surface area (Å²) < 4.78 is 0. The molecule has 0 radical (unpaired) electrons. The van der Waals surface area contributed by atoms with Crippen LogP contribution in [0.3, 0.4) is 0 Å². The molecule has 1 unspecified atom stereocenters. The Morgan fingerprint density at radius 2 is 2.05 bits per heavy atom. The van der Waals surface area contributed by atoms with Crippen LogP contribution in [0.4, 0.5) is 0 Å².